The first-order valence-electron chi connectivity index (χ1n) is 3.79. The number of oxazole rings is 1. The summed E-state index contributed by atoms with van der Waals surface area (Å²) in [6.07, 6.45) is 3.14. The van der Waals surface area contributed by atoms with Gasteiger partial charge in [-0.15, -0.1) is 0 Å². The van der Waals surface area contributed by atoms with Crippen LogP contribution in [0.2, 0.25) is 0 Å². The molecule has 0 fully saturated rings. The van der Waals surface area contributed by atoms with Gasteiger partial charge in [0, 0.05) is 7.05 Å². The molecular weight excluding hydrogens is 234 g/mol. The van der Waals surface area contributed by atoms with Gasteiger partial charge in [0.2, 0.25) is 5.89 Å². The molecule has 0 bridgehead atoms. The van der Waals surface area contributed by atoms with Gasteiger partial charge in [-0.1, -0.05) is 0 Å². The summed E-state index contributed by atoms with van der Waals surface area (Å²) in [5.41, 5.74) is 1.79. The molecule has 2 aromatic heterocycles. The molecule has 0 saturated heterocycles. The zero-order valence-corrected chi connectivity index (χ0v) is 8.87. The number of aryl methyl sites for hydroxylation is 1. The molecule has 5 heteroatoms. The van der Waals surface area contributed by atoms with Crippen molar-refractivity contribution in [3.8, 4) is 11.6 Å². The second kappa shape index (κ2) is 2.99. The topological polar surface area (TPSA) is 43.9 Å². The summed E-state index contributed by atoms with van der Waals surface area (Å²) in [5.74, 6) is 0.538. The summed E-state index contributed by atoms with van der Waals surface area (Å²) >= 11 is 3.44. The van der Waals surface area contributed by atoms with Crippen molar-refractivity contribution < 1.29 is 4.42 Å². The molecule has 0 amide bonds. The van der Waals surface area contributed by atoms with Crippen molar-refractivity contribution in [2.75, 3.05) is 0 Å². The first-order chi connectivity index (χ1) is 6.20. The lowest BCUT2D eigenvalue weighted by Crippen LogP contribution is -1.92. The minimum absolute atomic E-state index is 0.538. The minimum Gasteiger partial charge on any atom is -0.443 e. The largest absolute Gasteiger partial charge is 0.443 e. The molecule has 0 aromatic carbocycles. The van der Waals surface area contributed by atoms with Crippen molar-refractivity contribution in [2.45, 2.75) is 6.92 Å². The Morgan fingerprint density at radius 3 is 2.77 bits per heavy atom. The fourth-order valence-corrected chi connectivity index (χ4v) is 1.56. The Hall–Kier alpha value is -1.10. The molecule has 0 atom stereocenters. The SMILES string of the molecule is Cc1c(Br)c(-c2ncco2)nn1C. The van der Waals surface area contributed by atoms with Crippen molar-refractivity contribution in [3.63, 3.8) is 0 Å². The Morgan fingerprint density at radius 2 is 2.31 bits per heavy atom. The van der Waals surface area contributed by atoms with Gasteiger partial charge in [-0.2, -0.15) is 5.10 Å². The smallest absolute Gasteiger partial charge is 0.248 e. The zero-order chi connectivity index (χ0) is 9.42. The van der Waals surface area contributed by atoms with E-state index in [1.54, 1.807) is 10.9 Å². The normalized spacial score (nSPS) is 10.7. The number of hydrogen-bond acceptors (Lipinski definition) is 3. The molecule has 13 heavy (non-hydrogen) atoms. The lowest BCUT2D eigenvalue weighted by atomic mass is 10.4. The minimum atomic E-state index is 0.538. The lowest BCUT2D eigenvalue weighted by molar-refractivity contribution is 0.569. The van der Waals surface area contributed by atoms with E-state index in [0.717, 1.165) is 15.9 Å². The predicted molar refractivity (Wildman–Crippen MR) is 51.1 cm³/mol. The highest BCUT2D eigenvalue weighted by molar-refractivity contribution is 9.10. The molecule has 68 valence electrons. The van der Waals surface area contributed by atoms with E-state index in [4.69, 9.17) is 4.42 Å². The number of halogens is 1. The first-order valence-corrected chi connectivity index (χ1v) is 4.58. The van der Waals surface area contributed by atoms with Crippen LogP contribution in [0.4, 0.5) is 0 Å². The molecule has 0 spiro atoms. The maximum Gasteiger partial charge on any atom is 0.248 e. The van der Waals surface area contributed by atoms with Gasteiger partial charge < -0.3 is 4.42 Å². The summed E-state index contributed by atoms with van der Waals surface area (Å²) in [7, 11) is 1.88. The summed E-state index contributed by atoms with van der Waals surface area (Å²) in [6, 6.07) is 0. The second-order valence-corrected chi connectivity index (χ2v) is 3.50. The highest BCUT2D eigenvalue weighted by Crippen LogP contribution is 2.28. The third kappa shape index (κ3) is 1.29. The average Bonchev–Trinajstić information content (AvgIpc) is 2.70. The molecule has 4 nitrogen and oxygen atoms in total. The predicted octanol–water partition coefficient (Wildman–Crippen LogP) is 2.15. The van der Waals surface area contributed by atoms with Gasteiger partial charge in [-0.05, 0) is 22.9 Å². The zero-order valence-electron chi connectivity index (χ0n) is 7.28. The van der Waals surface area contributed by atoms with E-state index in [-0.39, 0.29) is 0 Å². The van der Waals surface area contributed by atoms with E-state index in [2.05, 4.69) is 26.0 Å². The van der Waals surface area contributed by atoms with Crippen LogP contribution in [0.5, 0.6) is 0 Å². The van der Waals surface area contributed by atoms with Crippen LogP contribution in [-0.4, -0.2) is 14.8 Å². The number of nitrogens with zero attached hydrogens (tertiary/aromatic N) is 3. The van der Waals surface area contributed by atoms with Crippen molar-refractivity contribution in [2.24, 2.45) is 7.05 Å². The molecule has 0 saturated carbocycles. The van der Waals surface area contributed by atoms with E-state index in [1.165, 1.54) is 6.26 Å². The van der Waals surface area contributed by atoms with Crippen LogP contribution in [-0.2, 0) is 7.05 Å². The molecule has 2 rings (SSSR count). The van der Waals surface area contributed by atoms with E-state index >= 15 is 0 Å². The standard InChI is InChI=1S/C8H8BrN3O/c1-5-6(9)7(11-12(5)2)8-10-3-4-13-8/h3-4H,1-2H3. The Balaban J connectivity index is 2.59. The molecule has 0 N–H and O–H groups in total. The molecule has 0 radical (unpaired) electrons. The Kier molecular flexibility index (Phi) is 1.95. The van der Waals surface area contributed by atoms with Crippen LogP contribution < -0.4 is 0 Å². The second-order valence-electron chi connectivity index (χ2n) is 2.71. The first kappa shape index (κ1) is 8.50. The van der Waals surface area contributed by atoms with Crippen LogP contribution in [0.3, 0.4) is 0 Å². The number of rotatable bonds is 1. The average molecular weight is 242 g/mol. The van der Waals surface area contributed by atoms with Gasteiger partial charge >= 0.3 is 0 Å². The summed E-state index contributed by atoms with van der Waals surface area (Å²) < 4.78 is 7.86. The maximum absolute atomic E-state index is 5.15. The van der Waals surface area contributed by atoms with Crippen LogP contribution in [0.15, 0.2) is 21.3 Å². The quantitative estimate of drug-likeness (QED) is 0.769. The van der Waals surface area contributed by atoms with Gasteiger partial charge in [0.1, 0.15) is 6.26 Å². The Bertz CT molecular complexity index is 419. The Labute approximate surface area is 83.7 Å². The van der Waals surface area contributed by atoms with Gasteiger partial charge in [-0.3, -0.25) is 4.68 Å². The molecule has 0 aliphatic rings. The molecule has 2 aromatic rings. The molecule has 0 unspecified atom stereocenters. The fraction of sp³-hybridized carbons (Fsp3) is 0.250. The van der Waals surface area contributed by atoms with E-state index in [1.807, 2.05) is 14.0 Å². The molecule has 0 aliphatic heterocycles. The number of aromatic nitrogens is 3. The van der Waals surface area contributed by atoms with Crippen molar-refractivity contribution in [1.29, 1.82) is 0 Å². The highest BCUT2D eigenvalue weighted by Gasteiger charge is 2.15. The van der Waals surface area contributed by atoms with Crippen LogP contribution >= 0.6 is 15.9 Å². The van der Waals surface area contributed by atoms with E-state index in [0.29, 0.717) is 5.89 Å². The van der Waals surface area contributed by atoms with Crippen LogP contribution in [0.1, 0.15) is 5.69 Å². The molecular formula is C8H8BrN3O. The van der Waals surface area contributed by atoms with Gasteiger partial charge in [0.25, 0.3) is 0 Å². The Morgan fingerprint density at radius 1 is 1.54 bits per heavy atom. The highest BCUT2D eigenvalue weighted by atomic mass is 79.9. The van der Waals surface area contributed by atoms with Crippen molar-refractivity contribution in [1.82, 2.24) is 14.8 Å². The molecule has 2 heterocycles. The lowest BCUT2D eigenvalue weighted by Gasteiger charge is -1.89. The monoisotopic (exact) mass is 241 g/mol. The summed E-state index contributed by atoms with van der Waals surface area (Å²) in [4.78, 5) is 4.03. The summed E-state index contributed by atoms with van der Waals surface area (Å²) in [6.45, 7) is 1.98. The third-order valence-electron chi connectivity index (χ3n) is 1.90. The van der Waals surface area contributed by atoms with Crippen LogP contribution in [0, 0.1) is 6.92 Å². The maximum atomic E-state index is 5.15. The summed E-state index contributed by atoms with van der Waals surface area (Å²) in [5, 5.41) is 4.27. The van der Waals surface area contributed by atoms with Crippen molar-refractivity contribution >= 4 is 15.9 Å². The van der Waals surface area contributed by atoms with Gasteiger partial charge in [0.15, 0.2) is 5.69 Å². The van der Waals surface area contributed by atoms with Gasteiger partial charge in [0.05, 0.1) is 16.4 Å². The fourth-order valence-electron chi connectivity index (χ4n) is 1.06. The third-order valence-corrected chi connectivity index (χ3v) is 2.85. The van der Waals surface area contributed by atoms with Gasteiger partial charge in [-0.25, -0.2) is 4.98 Å². The molecule has 0 aliphatic carbocycles. The van der Waals surface area contributed by atoms with E-state index < -0.39 is 0 Å². The van der Waals surface area contributed by atoms with E-state index in [9.17, 15) is 0 Å². The van der Waals surface area contributed by atoms with Crippen molar-refractivity contribution in [3.05, 3.63) is 22.6 Å². The number of hydrogen-bond donors (Lipinski definition) is 0. The van der Waals surface area contributed by atoms with Crippen LogP contribution in [0.25, 0.3) is 11.6 Å².